The maximum Gasteiger partial charge on any atom is 0.267 e. The van der Waals surface area contributed by atoms with Crippen LogP contribution in [0.1, 0.15) is 22.5 Å². The monoisotopic (exact) mass is 249 g/mol. The Morgan fingerprint density at radius 2 is 2.44 bits per heavy atom. The van der Waals surface area contributed by atoms with E-state index < -0.39 is 0 Å². The van der Waals surface area contributed by atoms with Gasteiger partial charge in [0.2, 0.25) is 0 Å². The van der Waals surface area contributed by atoms with Gasteiger partial charge in [0.25, 0.3) is 5.91 Å². The second-order valence-electron chi connectivity index (χ2n) is 4.60. The van der Waals surface area contributed by atoms with Crippen molar-refractivity contribution >= 4 is 5.91 Å². The maximum absolute atomic E-state index is 11.6. The van der Waals surface area contributed by atoms with E-state index in [4.69, 9.17) is 11.6 Å². The van der Waals surface area contributed by atoms with E-state index in [0.717, 1.165) is 31.7 Å². The van der Waals surface area contributed by atoms with Gasteiger partial charge in [-0.05, 0) is 37.6 Å². The van der Waals surface area contributed by atoms with Crippen molar-refractivity contribution in [2.75, 3.05) is 19.6 Å². The van der Waals surface area contributed by atoms with Crippen molar-refractivity contribution < 1.29 is 4.79 Å². The molecule has 0 aliphatic carbocycles. The summed E-state index contributed by atoms with van der Waals surface area (Å²) in [6, 6.07) is 3.47. The van der Waals surface area contributed by atoms with Crippen molar-refractivity contribution in [3.63, 3.8) is 0 Å². The van der Waals surface area contributed by atoms with Crippen LogP contribution in [0.4, 0.5) is 0 Å². The van der Waals surface area contributed by atoms with Crippen molar-refractivity contribution in [3.05, 3.63) is 29.6 Å². The number of nitrogens with two attached hydrogens (primary N) is 2. The Morgan fingerprint density at radius 3 is 3.11 bits per heavy atom. The van der Waals surface area contributed by atoms with Crippen molar-refractivity contribution in [1.29, 1.82) is 0 Å². The van der Waals surface area contributed by atoms with Gasteiger partial charge in [0.05, 0.1) is 11.3 Å². The van der Waals surface area contributed by atoms with E-state index in [1.807, 2.05) is 0 Å². The fourth-order valence-electron chi connectivity index (χ4n) is 2.31. The van der Waals surface area contributed by atoms with Crippen LogP contribution in [0.2, 0.25) is 0 Å². The SMILES string of the molecule is NCC1CCN(Cc2ncccc2C(=O)NN)C1. The number of carbonyl (C=O) groups is 1. The van der Waals surface area contributed by atoms with Crippen LogP contribution >= 0.6 is 0 Å². The van der Waals surface area contributed by atoms with Crippen LogP contribution in [0.3, 0.4) is 0 Å². The number of pyridine rings is 1. The van der Waals surface area contributed by atoms with Gasteiger partial charge in [0, 0.05) is 19.3 Å². The standard InChI is InChI=1S/C12H19N5O/c13-6-9-3-5-17(7-9)8-11-10(12(18)16-14)2-1-4-15-11/h1-2,4,9H,3,5-8,13-14H2,(H,16,18). The van der Waals surface area contributed by atoms with E-state index in [9.17, 15) is 4.79 Å². The third kappa shape index (κ3) is 2.84. The minimum absolute atomic E-state index is 0.298. The van der Waals surface area contributed by atoms with Crippen molar-refractivity contribution in [2.24, 2.45) is 17.5 Å². The highest BCUT2D eigenvalue weighted by Gasteiger charge is 2.23. The highest BCUT2D eigenvalue weighted by molar-refractivity contribution is 5.94. The second kappa shape index (κ2) is 5.90. The molecule has 1 saturated heterocycles. The molecular weight excluding hydrogens is 230 g/mol. The molecule has 1 atom stereocenters. The first-order valence-electron chi connectivity index (χ1n) is 6.12. The van der Waals surface area contributed by atoms with Crippen LogP contribution in [0.5, 0.6) is 0 Å². The van der Waals surface area contributed by atoms with E-state index in [2.05, 4.69) is 15.3 Å². The van der Waals surface area contributed by atoms with Crippen molar-refractivity contribution in [1.82, 2.24) is 15.3 Å². The Labute approximate surface area is 106 Å². The normalized spacial score (nSPS) is 20.0. The lowest BCUT2D eigenvalue weighted by Gasteiger charge is -2.16. The molecule has 1 unspecified atom stereocenters. The van der Waals surface area contributed by atoms with Crippen LogP contribution in [0.25, 0.3) is 0 Å². The van der Waals surface area contributed by atoms with Gasteiger partial charge in [0.15, 0.2) is 0 Å². The molecule has 1 aliphatic heterocycles. The molecule has 0 radical (unpaired) electrons. The predicted octanol–water partition coefficient (Wildman–Crippen LogP) is -0.534. The zero-order chi connectivity index (χ0) is 13.0. The molecule has 0 saturated carbocycles. The third-order valence-corrected chi connectivity index (χ3v) is 3.34. The minimum atomic E-state index is -0.298. The van der Waals surface area contributed by atoms with Gasteiger partial charge in [-0.3, -0.25) is 20.1 Å². The average molecular weight is 249 g/mol. The summed E-state index contributed by atoms with van der Waals surface area (Å²) in [5.41, 5.74) is 9.12. The Morgan fingerprint density at radius 1 is 1.61 bits per heavy atom. The lowest BCUT2D eigenvalue weighted by atomic mass is 10.1. The van der Waals surface area contributed by atoms with E-state index in [1.54, 1.807) is 18.3 Å². The van der Waals surface area contributed by atoms with Crippen LogP contribution in [0.15, 0.2) is 18.3 Å². The molecule has 0 spiro atoms. The first-order valence-corrected chi connectivity index (χ1v) is 6.12. The fraction of sp³-hybridized carbons (Fsp3) is 0.500. The smallest absolute Gasteiger partial charge is 0.267 e. The summed E-state index contributed by atoms with van der Waals surface area (Å²) in [6.07, 6.45) is 2.81. The van der Waals surface area contributed by atoms with Crippen LogP contribution < -0.4 is 17.0 Å². The summed E-state index contributed by atoms with van der Waals surface area (Å²) < 4.78 is 0. The molecule has 1 aliphatic rings. The van der Waals surface area contributed by atoms with Gasteiger partial charge in [0.1, 0.15) is 0 Å². The summed E-state index contributed by atoms with van der Waals surface area (Å²) in [6.45, 7) is 3.35. The zero-order valence-electron chi connectivity index (χ0n) is 10.3. The minimum Gasteiger partial charge on any atom is -0.330 e. The number of nitrogens with zero attached hydrogens (tertiary/aromatic N) is 2. The maximum atomic E-state index is 11.6. The molecule has 2 rings (SSSR count). The van der Waals surface area contributed by atoms with Gasteiger partial charge in [-0.15, -0.1) is 0 Å². The number of amides is 1. The van der Waals surface area contributed by atoms with Gasteiger partial charge in [-0.1, -0.05) is 0 Å². The number of hydrazine groups is 1. The Bertz CT molecular complexity index is 423. The fourth-order valence-corrected chi connectivity index (χ4v) is 2.31. The number of rotatable bonds is 4. The van der Waals surface area contributed by atoms with Crippen LogP contribution in [-0.4, -0.2) is 35.4 Å². The van der Waals surface area contributed by atoms with E-state index in [1.165, 1.54) is 0 Å². The quantitative estimate of drug-likeness (QED) is 0.378. The molecule has 1 amide bonds. The molecule has 2 heterocycles. The lowest BCUT2D eigenvalue weighted by molar-refractivity contribution is 0.0951. The Kier molecular flexibility index (Phi) is 4.24. The predicted molar refractivity (Wildman–Crippen MR) is 68.3 cm³/mol. The number of hydrogen-bond donors (Lipinski definition) is 3. The molecule has 6 heteroatoms. The molecule has 6 nitrogen and oxygen atoms in total. The van der Waals surface area contributed by atoms with Crippen molar-refractivity contribution in [3.8, 4) is 0 Å². The van der Waals surface area contributed by atoms with Crippen molar-refractivity contribution in [2.45, 2.75) is 13.0 Å². The van der Waals surface area contributed by atoms with E-state index in [0.29, 0.717) is 18.0 Å². The molecule has 5 N–H and O–H groups in total. The van der Waals surface area contributed by atoms with Gasteiger partial charge in [-0.25, -0.2) is 5.84 Å². The zero-order valence-corrected chi connectivity index (χ0v) is 10.3. The molecule has 1 aromatic heterocycles. The van der Waals surface area contributed by atoms with Crippen LogP contribution in [0, 0.1) is 5.92 Å². The molecule has 1 aromatic rings. The number of carbonyl (C=O) groups excluding carboxylic acids is 1. The summed E-state index contributed by atoms with van der Waals surface area (Å²) in [5.74, 6) is 5.42. The summed E-state index contributed by atoms with van der Waals surface area (Å²) in [7, 11) is 0. The summed E-state index contributed by atoms with van der Waals surface area (Å²) in [5, 5.41) is 0. The number of nitrogen functional groups attached to an aromatic ring is 1. The first kappa shape index (κ1) is 12.9. The van der Waals surface area contributed by atoms with E-state index in [-0.39, 0.29) is 5.91 Å². The number of likely N-dealkylation sites (tertiary alicyclic amines) is 1. The molecule has 0 bridgehead atoms. The number of aromatic nitrogens is 1. The molecular formula is C12H19N5O. The second-order valence-corrected chi connectivity index (χ2v) is 4.60. The lowest BCUT2D eigenvalue weighted by Crippen LogP contribution is -2.32. The van der Waals surface area contributed by atoms with Gasteiger partial charge < -0.3 is 5.73 Å². The van der Waals surface area contributed by atoms with Crippen LogP contribution in [-0.2, 0) is 6.54 Å². The Hall–Kier alpha value is -1.50. The largest absolute Gasteiger partial charge is 0.330 e. The van der Waals surface area contributed by atoms with Gasteiger partial charge in [-0.2, -0.15) is 0 Å². The average Bonchev–Trinajstić information content (AvgIpc) is 2.86. The summed E-state index contributed by atoms with van der Waals surface area (Å²) >= 11 is 0. The highest BCUT2D eigenvalue weighted by atomic mass is 16.2. The van der Waals surface area contributed by atoms with Gasteiger partial charge >= 0.3 is 0 Å². The highest BCUT2D eigenvalue weighted by Crippen LogP contribution is 2.18. The Balaban J connectivity index is 2.07. The molecule has 0 aromatic carbocycles. The molecule has 18 heavy (non-hydrogen) atoms. The van der Waals surface area contributed by atoms with E-state index >= 15 is 0 Å². The topological polar surface area (TPSA) is 97.3 Å². The summed E-state index contributed by atoms with van der Waals surface area (Å²) in [4.78, 5) is 18.2. The number of hydrogen-bond acceptors (Lipinski definition) is 5. The number of nitrogens with one attached hydrogen (secondary N) is 1. The molecule has 1 fully saturated rings. The third-order valence-electron chi connectivity index (χ3n) is 3.34. The first-order chi connectivity index (χ1) is 8.74. The molecule has 98 valence electrons.